The second-order valence-corrected chi connectivity index (χ2v) is 5.03. The van der Waals surface area contributed by atoms with Gasteiger partial charge in [0.15, 0.2) is 0 Å². The number of carbonyl (C=O) groups excluding carboxylic acids is 3. The first-order valence-electron chi connectivity index (χ1n) is 8.33. The van der Waals surface area contributed by atoms with Gasteiger partial charge in [-0.15, -0.1) is 0 Å². The van der Waals surface area contributed by atoms with Crippen molar-refractivity contribution in [2.75, 3.05) is 79.5 Å². The van der Waals surface area contributed by atoms with Crippen molar-refractivity contribution in [2.24, 2.45) is 5.73 Å². The van der Waals surface area contributed by atoms with Crippen LogP contribution in [0.1, 0.15) is 0 Å². The zero-order valence-corrected chi connectivity index (χ0v) is 15.2. The molecule has 0 bridgehead atoms. The fraction of sp³-hybridized carbons (Fsp3) is 0.800. The molecule has 0 spiro atoms. The van der Waals surface area contributed by atoms with E-state index in [1.165, 1.54) is 0 Å². The molecular formula is C15H30N4O7. The Balaban J connectivity index is 3.27. The number of hydrogen-bond acceptors (Lipinski definition) is 8. The maximum Gasteiger partial charge on any atom is 0.246 e. The predicted octanol–water partition coefficient (Wildman–Crippen LogP) is -3.01. The van der Waals surface area contributed by atoms with Gasteiger partial charge in [-0.2, -0.15) is 0 Å². The Morgan fingerprint density at radius 1 is 0.731 bits per heavy atom. The molecular weight excluding hydrogens is 348 g/mol. The minimum absolute atomic E-state index is 0.0289. The number of rotatable bonds is 18. The number of primary amides is 1. The van der Waals surface area contributed by atoms with Crippen LogP contribution in [0.3, 0.4) is 0 Å². The van der Waals surface area contributed by atoms with E-state index in [1.807, 2.05) is 7.05 Å². The van der Waals surface area contributed by atoms with Gasteiger partial charge in [-0.25, -0.2) is 0 Å². The van der Waals surface area contributed by atoms with Crippen LogP contribution in [0.15, 0.2) is 0 Å². The van der Waals surface area contributed by atoms with Gasteiger partial charge in [-0.05, 0) is 7.05 Å². The van der Waals surface area contributed by atoms with E-state index in [9.17, 15) is 14.4 Å². The van der Waals surface area contributed by atoms with Gasteiger partial charge in [0, 0.05) is 13.1 Å². The van der Waals surface area contributed by atoms with Crippen LogP contribution >= 0.6 is 0 Å². The summed E-state index contributed by atoms with van der Waals surface area (Å²) < 4.78 is 20.7. The highest BCUT2D eigenvalue weighted by Crippen LogP contribution is 1.81. The number of carbonyl (C=O) groups is 3. The lowest BCUT2D eigenvalue weighted by Gasteiger charge is -2.08. The van der Waals surface area contributed by atoms with E-state index in [-0.39, 0.29) is 38.9 Å². The Labute approximate surface area is 153 Å². The highest BCUT2D eigenvalue weighted by atomic mass is 16.5. The Morgan fingerprint density at radius 3 is 1.77 bits per heavy atom. The van der Waals surface area contributed by atoms with Gasteiger partial charge in [0.2, 0.25) is 17.7 Å². The van der Waals surface area contributed by atoms with E-state index in [0.29, 0.717) is 33.0 Å². The van der Waals surface area contributed by atoms with Crippen molar-refractivity contribution in [1.82, 2.24) is 16.0 Å². The van der Waals surface area contributed by atoms with Crippen LogP contribution in [0, 0.1) is 0 Å². The van der Waals surface area contributed by atoms with Gasteiger partial charge >= 0.3 is 0 Å². The molecule has 0 unspecified atom stereocenters. The Morgan fingerprint density at radius 2 is 1.23 bits per heavy atom. The molecule has 0 aliphatic heterocycles. The van der Waals surface area contributed by atoms with E-state index >= 15 is 0 Å². The molecule has 0 aliphatic rings. The molecule has 0 heterocycles. The lowest BCUT2D eigenvalue weighted by molar-refractivity contribution is -0.128. The molecule has 0 aliphatic carbocycles. The maximum atomic E-state index is 11.5. The van der Waals surface area contributed by atoms with Crippen molar-refractivity contribution in [3.63, 3.8) is 0 Å². The molecule has 11 nitrogen and oxygen atoms in total. The second kappa shape index (κ2) is 18.0. The molecule has 3 amide bonds. The summed E-state index contributed by atoms with van der Waals surface area (Å²) in [5, 5.41) is 7.88. The van der Waals surface area contributed by atoms with Crippen molar-refractivity contribution in [1.29, 1.82) is 0 Å². The summed E-state index contributed by atoms with van der Waals surface area (Å²) in [6.07, 6.45) is 0. The molecule has 26 heavy (non-hydrogen) atoms. The topological polar surface area (TPSA) is 150 Å². The first kappa shape index (κ1) is 24.2. The molecule has 0 radical (unpaired) electrons. The molecule has 0 saturated heterocycles. The summed E-state index contributed by atoms with van der Waals surface area (Å²) in [5.41, 5.74) is 4.88. The third-order valence-electron chi connectivity index (χ3n) is 2.74. The lowest BCUT2D eigenvalue weighted by atomic mass is 10.5. The average molecular weight is 378 g/mol. The number of ether oxygens (including phenoxy) is 4. The number of nitrogens with one attached hydrogen (secondary N) is 3. The van der Waals surface area contributed by atoms with Gasteiger partial charge in [-0.1, -0.05) is 0 Å². The van der Waals surface area contributed by atoms with Crippen molar-refractivity contribution in [2.45, 2.75) is 0 Å². The van der Waals surface area contributed by atoms with Crippen molar-refractivity contribution < 1.29 is 33.3 Å². The molecule has 0 atom stereocenters. The fourth-order valence-corrected chi connectivity index (χ4v) is 1.49. The van der Waals surface area contributed by atoms with Crippen molar-refractivity contribution in [3.8, 4) is 0 Å². The van der Waals surface area contributed by atoms with Crippen LogP contribution in [-0.2, 0) is 33.3 Å². The van der Waals surface area contributed by atoms with Gasteiger partial charge in [-0.3, -0.25) is 14.4 Å². The molecule has 0 rings (SSSR count). The first-order chi connectivity index (χ1) is 12.6. The Hall–Kier alpha value is -1.79. The summed E-state index contributed by atoms with van der Waals surface area (Å²) in [4.78, 5) is 33.1. The highest BCUT2D eigenvalue weighted by molar-refractivity contribution is 5.84. The molecule has 0 aromatic carbocycles. The monoisotopic (exact) mass is 378 g/mol. The molecule has 0 aromatic heterocycles. The predicted molar refractivity (Wildman–Crippen MR) is 92.4 cm³/mol. The second-order valence-electron chi connectivity index (χ2n) is 5.03. The van der Waals surface area contributed by atoms with Crippen molar-refractivity contribution >= 4 is 17.7 Å². The number of amides is 3. The Bertz CT molecular complexity index is 396. The SMILES string of the molecule is CNCCOCCOCC(=O)NCCOCCOCC(=O)NCC(N)=O. The highest BCUT2D eigenvalue weighted by Gasteiger charge is 2.03. The summed E-state index contributed by atoms with van der Waals surface area (Å²) in [6, 6.07) is 0. The third kappa shape index (κ3) is 18.5. The van der Waals surface area contributed by atoms with Gasteiger partial charge in [0.05, 0.1) is 46.2 Å². The van der Waals surface area contributed by atoms with Gasteiger partial charge in [0.25, 0.3) is 0 Å². The van der Waals surface area contributed by atoms with Gasteiger partial charge < -0.3 is 40.6 Å². The summed E-state index contributed by atoms with van der Waals surface area (Å²) >= 11 is 0. The maximum absolute atomic E-state index is 11.5. The van der Waals surface area contributed by atoms with Crippen molar-refractivity contribution in [3.05, 3.63) is 0 Å². The molecule has 5 N–H and O–H groups in total. The van der Waals surface area contributed by atoms with E-state index in [2.05, 4.69) is 16.0 Å². The molecule has 152 valence electrons. The van der Waals surface area contributed by atoms with Crippen LogP contribution in [0.5, 0.6) is 0 Å². The van der Waals surface area contributed by atoms with Crippen LogP contribution in [0.4, 0.5) is 0 Å². The number of hydrogen-bond donors (Lipinski definition) is 4. The van der Waals surface area contributed by atoms with E-state index in [1.54, 1.807) is 0 Å². The van der Waals surface area contributed by atoms with Crippen LogP contribution in [0.25, 0.3) is 0 Å². The van der Waals surface area contributed by atoms with E-state index in [4.69, 9.17) is 24.7 Å². The summed E-state index contributed by atoms with van der Waals surface area (Å²) in [5.74, 6) is -1.28. The zero-order valence-electron chi connectivity index (χ0n) is 15.2. The quantitative estimate of drug-likeness (QED) is 0.184. The molecule has 0 fully saturated rings. The van der Waals surface area contributed by atoms with Crippen LogP contribution < -0.4 is 21.7 Å². The minimum atomic E-state index is -0.619. The number of likely N-dealkylation sites (N-methyl/N-ethyl adjacent to an activating group) is 1. The normalized spacial score (nSPS) is 10.5. The standard InChI is InChI=1S/C15H30N4O7/c1-17-2-4-23-6-8-25-11-14(21)18-3-5-24-7-9-26-12-15(22)19-10-13(16)20/h17H,2-12H2,1H3,(H2,16,20)(H,18,21)(H,19,22). The fourth-order valence-electron chi connectivity index (χ4n) is 1.49. The third-order valence-corrected chi connectivity index (χ3v) is 2.74. The molecule has 0 saturated carbocycles. The zero-order chi connectivity index (χ0) is 19.5. The molecule has 11 heteroatoms. The van der Waals surface area contributed by atoms with E-state index < -0.39 is 11.8 Å². The van der Waals surface area contributed by atoms with E-state index in [0.717, 1.165) is 6.54 Å². The summed E-state index contributed by atoms with van der Waals surface area (Å²) in [6.45, 7) is 2.91. The molecule has 0 aromatic rings. The largest absolute Gasteiger partial charge is 0.378 e. The van der Waals surface area contributed by atoms with Crippen LogP contribution in [0.2, 0.25) is 0 Å². The Kier molecular flexibility index (Phi) is 16.8. The number of nitrogens with two attached hydrogens (primary N) is 1. The average Bonchev–Trinajstić information content (AvgIpc) is 2.61. The summed E-state index contributed by atoms with van der Waals surface area (Å²) in [7, 11) is 1.84. The smallest absolute Gasteiger partial charge is 0.246 e. The lowest BCUT2D eigenvalue weighted by Crippen LogP contribution is -2.35. The van der Waals surface area contributed by atoms with Gasteiger partial charge in [0.1, 0.15) is 13.2 Å². The van der Waals surface area contributed by atoms with Crippen LogP contribution in [-0.4, -0.2) is 97.3 Å². The first-order valence-corrected chi connectivity index (χ1v) is 8.33. The minimum Gasteiger partial charge on any atom is -0.378 e.